The molecule has 2 aliphatic rings. The van der Waals surface area contributed by atoms with E-state index in [1.807, 2.05) is 0 Å². The first kappa shape index (κ1) is 15.0. The monoisotopic (exact) mass is 306 g/mol. The van der Waals surface area contributed by atoms with Crippen LogP contribution in [0.25, 0.3) is 0 Å². The molecule has 2 amide bonds. The van der Waals surface area contributed by atoms with Gasteiger partial charge in [-0.2, -0.15) is 0 Å². The fraction of sp³-hybridized carbons (Fsp3) is 0.667. The topological polar surface area (TPSA) is 101 Å². The predicted molar refractivity (Wildman–Crippen MR) is 79.2 cm³/mol. The first-order valence-corrected chi connectivity index (χ1v) is 7.92. The van der Waals surface area contributed by atoms with E-state index in [0.717, 1.165) is 25.0 Å². The third-order valence-electron chi connectivity index (χ3n) is 4.21. The molecule has 1 aliphatic carbocycles. The molecule has 7 heteroatoms. The summed E-state index contributed by atoms with van der Waals surface area (Å²) in [6.07, 6.45) is 4.17. The fourth-order valence-electron chi connectivity index (χ4n) is 2.73. The van der Waals surface area contributed by atoms with Gasteiger partial charge in [-0.15, -0.1) is 0 Å². The van der Waals surface area contributed by atoms with Crippen LogP contribution in [0.3, 0.4) is 0 Å². The number of nitrogens with one attached hydrogen (secondary N) is 1. The SMILES string of the molecule is NCCCC(=O)N1CCC(NC(=O)c2cc(C3CC3)on2)C1. The van der Waals surface area contributed by atoms with Crippen molar-refractivity contribution in [2.45, 2.75) is 44.1 Å². The highest BCUT2D eigenvalue weighted by Crippen LogP contribution is 2.40. The van der Waals surface area contributed by atoms with Gasteiger partial charge in [0.1, 0.15) is 5.76 Å². The number of hydrogen-bond acceptors (Lipinski definition) is 5. The molecular weight excluding hydrogens is 284 g/mol. The number of carbonyl (C=O) groups is 2. The van der Waals surface area contributed by atoms with E-state index in [0.29, 0.717) is 44.1 Å². The molecule has 1 saturated carbocycles. The van der Waals surface area contributed by atoms with Crippen LogP contribution in [0.1, 0.15) is 54.3 Å². The Labute approximate surface area is 129 Å². The first-order chi connectivity index (χ1) is 10.7. The summed E-state index contributed by atoms with van der Waals surface area (Å²) in [4.78, 5) is 25.9. The summed E-state index contributed by atoms with van der Waals surface area (Å²) in [7, 11) is 0. The Bertz CT molecular complexity index is 553. The van der Waals surface area contributed by atoms with E-state index in [1.165, 1.54) is 0 Å². The lowest BCUT2D eigenvalue weighted by Gasteiger charge is -2.16. The molecule has 3 rings (SSSR count). The maximum atomic E-state index is 12.2. The molecule has 3 N–H and O–H groups in total. The van der Waals surface area contributed by atoms with Gasteiger partial charge in [-0.05, 0) is 32.2 Å². The van der Waals surface area contributed by atoms with Crippen LogP contribution in [0.4, 0.5) is 0 Å². The third kappa shape index (κ3) is 3.47. The molecule has 0 bridgehead atoms. The van der Waals surface area contributed by atoms with Crippen LogP contribution >= 0.6 is 0 Å². The molecule has 2 heterocycles. The lowest BCUT2D eigenvalue weighted by atomic mass is 10.2. The summed E-state index contributed by atoms with van der Waals surface area (Å²) < 4.78 is 5.19. The Morgan fingerprint density at radius 2 is 2.23 bits per heavy atom. The molecule has 1 aromatic rings. The predicted octanol–water partition coefficient (Wildman–Crippen LogP) is 0.622. The van der Waals surface area contributed by atoms with Crippen LogP contribution in [0.15, 0.2) is 10.6 Å². The van der Waals surface area contributed by atoms with Gasteiger partial charge in [-0.3, -0.25) is 9.59 Å². The van der Waals surface area contributed by atoms with Crippen molar-refractivity contribution in [2.24, 2.45) is 5.73 Å². The maximum absolute atomic E-state index is 12.2. The van der Waals surface area contributed by atoms with Gasteiger partial charge in [0.15, 0.2) is 5.69 Å². The number of likely N-dealkylation sites (tertiary alicyclic amines) is 1. The second-order valence-electron chi connectivity index (χ2n) is 6.08. The molecule has 7 nitrogen and oxygen atoms in total. The molecule has 22 heavy (non-hydrogen) atoms. The van der Waals surface area contributed by atoms with Crippen molar-refractivity contribution in [3.63, 3.8) is 0 Å². The first-order valence-electron chi connectivity index (χ1n) is 7.92. The lowest BCUT2D eigenvalue weighted by molar-refractivity contribution is -0.130. The largest absolute Gasteiger partial charge is 0.360 e. The minimum absolute atomic E-state index is 0.0181. The van der Waals surface area contributed by atoms with Crippen molar-refractivity contribution in [3.05, 3.63) is 17.5 Å². The van der Waals surface area contributed by atoms with Crippen LogP contribution in [0.2, 0.25) is 0 Å². The second-order valence-corrected chi connectivity index (χ2v) is 6.08. The van der Waals surface area contributed by atoms with E-state index in [2.05, 4.69) is 10.5 Å². The summed E-state index contributed by atoms with van der Waals surface area (Å²) in [6, 6.07) is 1.71. The normalized spacial score (nSPS) is 21.1. The van der Waals surface area contributed by atoms with Gasteiger partial charge in [-0.25, -0.2) is 0 Å². The van der Waals surface area contributed by atoms with E-state index in [1.54, 1.807) is 11.0 Å². The summed E-state index contributed by atoms with van der Waals surface area (Å²) in [5, 5.41) is 6.76. The second kappa shape index (κ2) is 6.48. The number of hydrogen-bond donors (Lipinski definition) is 2. The van der Waals surface area contributed by atoms with Crippen molar-refractivity contribution < 1.29 is 14.1 Å². The highest BCUT2D eigenvalue weighted by atomic mass is 16.5. The molecule has 0 radical (unpaired) electrons. The van der Waals surface area contributed by atoms with Crippen molar-refractivity contribution in [1.82, 2.24) is 15.4 Å². The Kier molecular flexibility index (Phi) is 4.42. The Hall–Kier alpha value is -1.89. The molecule has 0 aromatic carbocycles. The molecule has 1 unspecified atom stereocenters. The average molecular weight is 306 g/mol. The number of nitrogens with two attached hydrogens (primary N) is 1. The fourth-order valence-corrected chi connectivity index (χ4v) is 2.73. The molecule has 1 saturated heterocycles. The van der Waals surface area contributed by atoms with Gasteiger partial charge < -0.3 is 20.5 Å². The molecule has 1 aromatic heterocycles. The van der Waals surface area contributed by atoms with E-state index < -0.39 is 0 Å². The molecule has 1 atom stereocenters. The van der Waals surface area contributed by atoms with Gasteiger partial charge >= 0.3 is 0 Å². The average Bonchev–Trinajstić information content (AvgIpc) is 3.06. The lowest BCUT2D eigenvalue weighted by Crippen LogP contribution is -2.38. The van der Waals surface area contributed by atoms with Gasteiger partial charge in [0.2, 0.25) is 5.91 Å². The van der Waals surface area contributed by atoms with E-state index in [-0.39, 0.29) is 17.9 Å². The Morgan fingerprint density at radius 3 is 2.95 bits per heavy atom. The van der Waals surface area contributed by atoms with Crippen molar-refractivity contribution in [1.29, 1.82) is 0 Å². The smallest absolute Gasteiger partial charge is 0.273 e. The molecule has 120 valence electrons. The summed E-state index contributed by atoms with van der Waals surface area (Å²) in [5.74, 6) is 1.13. The number of carbonyl (C=O) groups excluding carboxylic acids is 2. The molecule has 2 fully saturated rings. The Balaban J connectivity index is 1.48. The molecule has 1 aliphatic heterocycles. The number of amides is 2. The number of aromatic nitrogens is 1. The van der Waals surface area contributed by atoms with Crippen molar-refractivity contribution in [3.8, 4) is 0 Å². The van der Waals surface area contributed by atoms with E-state index in [9.17, 15) is 9.59 Å². The number of nitrogens with zero attached hydrogens (tertiary/aromatic N) is 2. The zero-order valence-corrected chi connectivity index (χ0v) is 12.6. The summed E-state index contributed by atoms with van der Waals surface area (Å²) in [5.41, 5.74) is 5.75. The van der Waals surface area contributed by atoms with E-state index in [4.69, 9.17) is 10.3 Å². The molecular formula is C15H22N4O3. The summed E-state index contributed by atoms with van der Waals surface area (Å²) >= 11 is 0. The van der Waals surface area contributed by atoms with E-state index >= 15 is 0 Å². The van der Waals surface area contributed by atoms with Gasteiger partial charge in [0.05, 0.1) is 0 Å². The van der Waals surface area contributed by atoms with Gasteiger partial charge in [0.25, 0.3) is 5.91 Å². The maximum Gasteiger partial charge on any atom is 0.273 e. The minimum atomic E-state index is -0.225. The van der Waals surface area contributed by atoms with Gasteiger partial charge in [-0.1, -0.05) is 5.16 Å². The zero-order valence-electron chi connectivity index (χ0n) is 12.6. The van der Waals surface area contributed by atoms with Crippen LogP contribution in [0.5, 0.6) is 0 Å². The highest BCUT2D eigenvalue weighted by Gasteiger charge is 2.30. The number of rotatable bonds is 6. The van der Waals surface area contributed by atoms with Crippen LogP contribution in [-0.4, -0.2) is 47.5 Å². The zero-order chi connectivity index (χ0) is 15.5. The highest BCUT2D eigenvalue weighted by molar-refractivity contribution is 5.92. The van der Waals surface area contributed by atoms with Crippen LogP contribution in [0, 0.1) is 0 Å². The van der Waals surface area contributed by atoms with Crippen molar-refractivity contribution >= 4 is 11.8 Å². The quantitative estimate of drug-likeness (QED) is 0.802. The minimum Gasteiger partial charge on any atom is -0.360 e. The van der Waals surface area contributed by atoms with Crippen molar-refractivity contribution in [2.75, 3.05) is 19.6 Å². The van der Waals surface area contributed by atoms with Crippen LogP contribution in [-0.2, 0) is 4.79 Å². The third-order valence-corrected chi connectivity index (χ3v) is 4.21. The Morgan fingerprint density at radius 1 is 1.41 bits per heavy atom. The molecule has 0 spiro atoms. The van der Waals surface area contributed by atoms with Gasteiger partial charge in [0, 0.05) is 37.5 Å². The van der Waals surface area contributed by atoms with Crippen LogP contribution < -0.4 is 11.1 Å². The summed E-state index contributed by atoms with van der Waals surface area (Å²) in [6.45, 7) is 1.76. The standard InChI is InChI=1S/C15H22N4O3/c16-6-1-2-14(20)19-7-5-11(9-19)17-15(21)12-8-13(22-18-12)10-3-4-10/h8,10-11H,1-7,9,16H2,(H,17,21).